The zero-order valence-electron chi connectivity index (χ0n) is 30.6. The first-order chi connectivity index (χ1) is 25.2. The number of nitrogens with one attached hydrogen (secondary N) is 1. The van der Waals surface area contributed by atoms with Crippen LogP contribution in [0.4, 0.5) is 0 Å². The van der Waals surface area contributed by atoms with Crippen LogP contribution in [0.15, 0.2) is 54.6 Å². The second-order valence-corrected chi connectivity index (χ2v) is 14.4. The maximum Gasteiger partial charge on any atom is 0.305 e. The minimum Gasteiger partial charge on any atom is -0.494 e. The summed E-state index contributed by atoms with van der Waals surface area (Å²) >= 11 is 12.6. The quantitative estimate of drug-likeness (QED) is 0.0918. The van der Waals surface area contributed by atoms with E-state index in [1.54, 1.807) is 14.0 Å². The number of hydrogen-bond acceptors (Lipinski definition) is 8. The molecule has 0 spiro atoms. The zero-order chi connectivity index (χ0) is 36.9. The van der Waals surface area contributed by atoms with Crippen molar-refractivity contribution in [1.82, 2.24) is 10.2 Å². The number of ether oxygens (including phenoxy) is 5. The van der Waals surface area contributed by atoms with Crippen LogP contribution in [-0.4, -0.2) is 76.1 Å². The average Bonchev–Trinajstić information content (AvgIpc) is 3.98. The molecule has 2 atom stereocenters. The van der Waals surface area contributed by atoms with E-state index in [2.05, 4.69) is 34.5 Å². The van der Waals surface area contributed by atoms with E-state index in [1.165, 1.54) is 0 Å². The lowest BCUT2D eigenvalue weighted by molar-refractivity contribution is -0.143. The Morgan fingerprint density at radius 1 is 0.846 bits per heavy atom. The second-order valence-electron chi connectivity index (χ2n) is 13.6. The van der Waals surface area contributed by atoms with Gasteiger partial charge in [-0.05, 0) is 123 Å². The van der Waals surface area contributed by atoms with Crippen LogP contribution >= 0.6 is 23.2 Å². The van der Waals surface area contributed by atoms with Gasteiger partial charge in [0, 0.05) is 39.3 Å². The summed E-state index contributed by atoms with van der Waals surface area (Å²) in [5, 5.41) is 4.44. The van der Waals surface area contributed by atoms with Crippen LogP contribution in [0.3, 0.4) is 0 Å². The third-order valence-electron chi connectivity index (χ3n) is 9.41. The Morgan fingerprint density at radius 3 is 2.27 bits per heavy atom. The highest BCUT2D eigenvalue weighted by Crippen LogP contribution is 2.37. The number of benzene rings is 3. The van der Waals surface area contributed by atoms with E-state index in [-0.39, 0.29) is 29.8 Å². The third kappa shape index (κ3) is 11.8. The van der Waals surface area contributed by atoms with Crippen molar-refractivity contribution in [3.63, 3.8) is 0 Å². The molecule has 11 heteroatoms. The molecular formula is C41H52Cl2N2O7. The van der Waals surface area contributed by atoms with Crippen LogP contribution in [0, 0.1) is 12.8 Å². The highest BCUT2D eigenvalue weighted by molar-refractivity contribution is 6.37. The van der Waals surface area contributed by atoms with Crippen molar-refractivity contribution >= 4 is 35.1 Å². The molecule has 9 nitrogen and oxygen atoms in total. The van der Waals surface area contributed by atoms with Gasteiger partial charge in [0.15, 0.2) is 5.75 Å². The Hall–Kier alpha value is -3.50. The molecule has 1 heterocycles. The van der Waals surface area contributed by atoms with Crippen LogP contribution < -0.4 is 19.5 Å². The van der Waals surface area contributed by atoms with Crippen LogP contribution in [0.5, 0.6) is 17.2 Å². The van der Waals surface area contributed by atoms with E-state index in [9.17, 15) is 9.59 Å². The van der Waals surface area contributed by atoms with Gasteiger partial charge >= 0.3 is 5.97 Å². The van der Waals surface area contributed by atoms with Crippen molar-refractivity contribution in [2.75, 3.05) is 53.2 Å². The summed E-state index contributed by atoms with van der Waals surface area (Å²) in [6.45, 7) is 7.84. The topological polar surface area (TPSA) is 95.6 Å². The summed E-state index contributed by atoms with van der Waals surface area (Å²) in [5.41, 5.74) is 4.30. The van der Waals surface area contributed by atoms with E-state index < -0.39 is 0 Å². The maximum absolute atomic E-state index is 14.4. The molecule has 5 rings (SSSR count). The normalized spacial score (nSPS) is 17.0. The van der Waals surface area contributed by atoms with E-state index in [0.717, 1.165) is 72.4 Å². The molecule has 1 aliphatic carbocycles. The summed E-state index contributed by atoms with van der Waals surface area (Å²) in [5.74, 6) is 1.84. The van der Waals surface area contributed by atoms with Gasteiger partial charge in [0.25, 0.3) is 0 Å². The number of hydrogen-bond donors (Lipinski definition) is 1. The first kappa shape index (κ1) is 39.7. The first-order valence-corrected chi connectivity index (χ1v) is 19.2. The minimum absolute atomic E-state index is 0.0943. The van der Waals surface area contributed by atoms with Crippen molar-refractivity contribution < 1.29 is 33.3 Å². The van der Waals surface area contributed by atoms with Gasteiger partial charge in [-0.1, -0.05) is 41.4 Å². The summed E-state index contributed by atoms with van der Waals surface area (Å²) < 4.78 is 28.2. The Balaban J connectivity index is 1.22. The van der Waals surface area contributed by atoms with Gasteiger partial charge in [-0.25, -0.2) is 0 Å². The lowest BCUT2D eigenvalue weighted by atomic mass is 9.80. The van der Waals surface area contributed by atoms with Gasteiger partial charge < -0.3 is 33.9 Å². The molecule has 52 heavy (non-hydrogen) atoms. The van der Waals surface area contributed by atoms with Crippen molar-refractivity contribution in [3.8, 4) is 17.2 Å². The lowest BCUT2D eigenvalue weighted by Gasteiger charge is -2.36. The van der Waals surface area contributed by atoms with Gasteiger partial charge in [0.1, 0.15) is 24.7 Å². The van der Waals surface area contributed by atoms with Crippen LogP contribution in [0.25, 0.3) is 0 Å². The molecule has 0 radical (unpaired) electrons. The van der Waals surface area contributed by atoms with E-state index in [0.29, 0.717) is 74.8 Å². The SMILES string of the molecule is CCOC(=O)CCCOc1cc(CCCOC)cc(CN(C(=O)[C@H]2CNCC[C@@H]2c2ccc(OCCOc3c(Cl)cc(C)cc3Cl)cc2)C2CC2)c1. The number of rotatable bonds is 20. The van der Waals surface area contributed by atoms with Crippen molar-refractivity contribution in [2.24, 2.45) is 5.92 Å². The van der Waals surface area contributed by atoms with Gasteiger partial charge in [-0.3, -0.25) is 9.59 Å². The van der Waals surface area contributed by atoms with Gasteiger partial charge in [0.05, 0.1) is 29.2 Å². The fraction of sp³-hybridized carbons (Fsp3) is 0.512. The molecule has 3 aromatic rings. The number of carbonyl (C=O) groups excluding carboxylic acids is 2. The van der Waals surface area contributed by atoms with Gasteiger partial charge in [-0.2, -0.15) is 0 Å². The van der Waals surface area contributed by atoms with Crippen molar-refractivity contribution in [3.05, 3.63) is 86.9 Å². The molecule has 0 unspecified atom stereocenters. The highest BCUT2D eigenvalue weighted by atomic mass is 35.5. The summed E-state index contributed by atoms with van der Waals surface area (Å²) in [7, 11) is 1.71. The number of esters is 1. The maximum atomic E-state index is 14.4. The monoisotopic (exact) mass is 754 g/mol. The Morgan fingerprint density at radius 2 is 1.56 bits per heavy atom. The molecule has 282 valence electrons. The first-order valence-electron chi connectivity index (χ1n) is 18.5. The Labute approximate surface area is 318 Å². The van der Waals surface area contributed by atoms with Crippen molar-refractivity contribution in [1.29, 1.82) is 0 Å². The molecule has 0 bridgehead atoms. The summed E-state index contributed by atoms with van der Waals surface area (Å²) in [4.78, 5) is 28.3. The predicted octanol–water partition coefficient (Wildman–Crippen LogP) is 7.95. The van der Waals surface area contributed by atoms with E-state index in [1.807, 2.05) is 37.3 Å². The number of nitrogens with zero attached hydrogens (tertiary/aromatic N) is 1. The molecule has 2 aliphatic rings. The number of halogens is 2. The Bertz CT molecular complexity index is 1590. The number of amides is 1. The Kier molecular flexibility index (Phi) is 15.3. The molecule has 1 saturated carbocycles. The van der Waals surface area contributed by atoms with E-state index >= 15 is 0 Å². The fourth-order valence-electron chi connectivity index (χ4n) is 6.75. The van der Waals surface area contributed by atoms with Gasteiger partial charge in [0.2, 0.25) is 5.91 Å². The minimum atomic E-state index is -0.213. The average molecular weight is 756 g/mol. The third-order valence-corrected chi connectivity index (χ3v) is 9.97. The standard InChI is InChI=1S/C41H52Cl2N2O7/c1-4-49-39(46)8-6-18-50-34-24-29(7-5-17-48-3)23-30(25-34)27-45(32-11-12-32)41(47)36-26-44-16-15-35(36)31-9-13-33(14-10-31)51-19-20-52-40-37(42)21-28(2)22-38(40)43/h9-10,13-14,21-25,32,35-36,44H,4-8,11-12,15-20,26-27H2,1-3H3/t35-,36+/m1/s1. The van der Waals surface area contributed by atoms with Crippen LogP contribution in [0.2, 0.25) is 10.0 Å². The number of methoxy groups -OCH3 is 1. The predicted molar refractivity (Wildman–Crippen MR) is 204 cm³/mol. The lowest BCUT2D eigenvalue weighted by Crippen LogP contribution is -2.47. The highest BCUT2D eigenvalue weighted by Gasteiger charge is 2.40. The number of aryl methyl sites for hydroxylation is 2. The van der Waals surface area contributed by atoms with Gasteiger partial charge in [-0.15, -0.1) is 0 Å². The molecule has 3 aromatic carbocycles. The largest absolute Gasteiger partial charge is 0.494 e. The molecule has 1 N–H and O–H groups in total. The second kappa shape index (κ2) is 20.1. The molecule has 1 saturated heterocycles. The molecular weight excluding hydrogens is 703 g/mol. The smallest absolute Gasteiger partial charge is 0.305 e. The summed E-state index contributed by atoms with van der Waals surface area (Å²) in [6, 6.07) is 18.3. The van der Waals surface area contributed by atoms with E-state index in [4.69, 9.17) is 46.9 Å². The molecule has 1 amide bonds. The number of piperidine rings is 1. The van der Waals surface area contributed by atoms with Crippen molar-refractivity contribution in [2.45, 2.75) is 77.3 Å². The number of carbonyl (C=O) groups is 2. The van der Waals surface area contributed by atoms with Crippen LogP contribution in [-0.2, 0) is 32.0 Å². The molecule has 0 aromatic heterocycles. The molecule has 1 aliphatic heterocycles. The molecule has 2 fully saturated rings. The zero-order valence-corrected chi connectivity index (χ0v) is 32.1. The summed E-state index contributed by atoms with van der Waals surface area (Å²) in [6.07, 6.45) is 5.52. The fourth-order valence-corrected chi connectivity index (χ4v) is 7.45. The van der Waals surface area contributed by atoms with Crippen LogP contribution in [0.1, 0.15) is 73.6 Å².